The van der Waals surface area contributed by atoms with Gasteiger partial charge in [-0.2, -0.15) is 4.31 Å². The minimum Gasteiger partial charge on any atom is -0.492 e. The minimum absolute atomic E-state index is 0.0644. The van der Waals surface area contributed by atoms with Gasteiger partial charge >= 0.3 is 0 Å². The highest BCUT2D eigenvalue weighted by Crippen LogP contribution is 2.32. The number of carbonyl (C=O) groups excluding carboxylic acids is 1. The molecule has 0 aliphatic carbocycles. The second-order valence-corrected chi connectivity index (χ2v) is 9.40. The topological polar surface area (TPSA) is 75.7 Å². The van der Waals surface area contributed by atoms with Crippen LogP contribution in [-0.2, 0) is 14.8 Å². The molecule has 8 heteroatoms. The van der Waals surface area contributed by atoms with E-state index in [4.69, 9.17) is 16.3 Å². The standard InChI is InChI=1S/C21H25ClN2O4S/c1-3-28-19-8-7-17(22)14-20(19)29(26,27)24-11-9-16(10-12-24)21(25)23-18-6-4-5-15(2)13-18/h4-8,13-14,16H,3,9-12H2,1-2H3,(H,23,25). The second-order valence-electron chi connectivity index (χ2n) is 7.06. The maximum Gasteiger partial charge on any atom is 0.246 e. The van der Waals surface area contributed by atoms with E-state index >= 15 is 0 Å². The molecular formula is C21H25ClN2O4S. The van der Waals surface area contributed by atoms with Crippen LogP contribution in [0.2, 0.25) is 5.02 Å². The third kappa shape index (κ3) is 5.10. The van der Waals surface area contributed by atoms with Crippen molar-refractivity contribution < 1.29 is 17.9 Å². The number of anilines is 1. The molecule has 6 nitrogen and oxygen atoms in total. The first-order chi connectivity index (χ1) is 13.8. The molecule has 2 aromatic carbocycles. The van der Waals surface area contributed by atoms with E-state index in [0.717, 1.165) is 11.3 Å². The van der Waals surface area contributed by atoms with E-state index < -0.39 is 10.0 Å². The summed E-state index contributed by atoms with van der Waals surface area (Å²) in [5.41, 5.74) is 1.82. The van der Waals surface area contributed by atoms with E-state index in [0.29, 0.717) is 24.5 Å². The molecule has 3 rings (SSSR count). The Hall–Kier alpha value is -2.09. The van der Waals surface area contributed by atoms with Gasteiger partial charge in [0.25, 0.3) is 0 Å². The molecule has 2 aromatic rings. The number of halogens is 1. The molecule has 1 amide bonds. The summed E-state index contributed by atoms with van der Waals surface area (Å²) in [5.74, 6) is -0.0192. The van der Waals surface area contributed by atoms with Gasteiger partial charge in [0, 0.05) is 29.7 Å². The molecule has 1 aliphatic rings. The number of hydrogen-bond donors (Lipinski definition) is 1. The summed E-state index contributed by atoms with van der Waals surface area (Å²) in [7, 11) is -3.76. The number of ether oxygens (including phenoxy) is 1. The number of amides is 1. The summed E-state index contributed by atoms with van der Waals surface area (Å²) in [6.07, 6.45) is 0.919. The van der Waals surface area contributed by atoms with Crippen LogP contribution in [0.4, 0.5) is 5.69 Å². The number of rotatable bonds is 6. The SMILES string of the molecule is CCOc1ccc(Cl)cc1S(=O)(=O)N1CCC(C(=O)Nc2cccc(C)c2)CC1. The van der Waals surface area contributed by atoms with E-state index in [1.54, 1.807) is 19.1 Å². The number of nitrogens with zero attached hydrogens (tertiary/aromatic N) is 1. The average Bonchev–Trinajstić information content (AvgIpc) is 2.69. The van der Waals surface area contributed by atoms with Crippen LogP contribution in [-0.4, -0.2) is 38.3 Å². The van der Waals surface area contributed by atoms with Crippen LogP contribution in [0.1, 0.15) is 25.3 Å². The molecule has 0 radical (unpaired) electrons. The fourth-order valence-corrected chi connectivity index (χ4v) is 5.29. The highest BCUT2D eigenvalue weighted by molar-refractivity contribution is 7.89. The van der Waals surface area contributed by atoms with Gasteiger partial charge in [-0.3, -0.25) is 4.79 Å². The normalized spacial score (nSPS) is 15.8. The number of aryl methyl sites for hydroxylation is 1. The molecule has 0 saturated carbocycles. The van der Waals surface area contributed by atoms with Crippen LogP contribution in [0.15, 0.2) is 47.4 Å². The molecule has 1 saturated heterocycles. The third-order valence-corrected chi connectivity index (χ3v) is 7.09. The van der Waals surface area contributed by atoms with Gasteiger partial charge in [0.1, 0.15) is 10.6 Å². The molecule has 1 aliphatic heterocycles. The molecule has 29 heavy (non-hydrogen) atoms. The predicted molar refractivity (Wildman–Crippen MR) is 114 cm³/mol. The van der Waals surface area contributed by atoms with Crippen molar-refractivity contribution in [3.8, 4) is 5.75 Å². The van der Waals surface area contributed by atoms with Crippen LogP contribution >= 0.6 is 11.6 Å². The summed E-state index contributed by atoms with van der Waals surface area (Å²) in [6, 6.07) is 12.2. The van der Waals surface area contributed by atoms with Crippen molar-refractivity contribution in [3.05, 3.63) is 53.1 Å². The number of piperidine rings is 1. The lowest BCUT2D eigenvalue weighted by molar-refractivity contribution is -0.120. The Balaban J connectivity index is 1.68. The van der Waals surface area contributed by atoms with Crippen LogP contribution in [0.3, 0.4) is 0 Å². The monoisotopic (exact) mass is 436 g/mol. The molecule has 1 heterocycles. The van der Waals surface area contributed by atoms with Crippen molar-refractivity contribution in [1.29, 1.82) is 0 Å². The lowest BCUT2D eigenvalue weighted by Gasteiger charge is -2.31. The van der Waals surface area contributed by atoms with Crippen LogP contribution in [0, 0.1) is 12.8 Å². The molecule has 1 fully saturated rings. The molecule has 0 aromatic heterocycles. The van der Waals surface area contributed by atoms with Crippen molar-refractivity contribution in [2.75, 3.05) is 25.0 Å². The molecule has 1 N–H and O–H groups in total. The van der Waals surface area contributed by atoms with Crippen LogP contribution in [0.25, 0.3) is 0 Å². The first-order valence-corrected chi connectivity index (χ1v) is 11.4. The Bertz CT molecular complexity index is 986. The summed E-state index contributed by atoms with van der Waals surface area (Å²) >= 11 is 6.02. The van der Waals surface area contributed by atoms with Crippen LogP contribution in [0.5, 0.6) is 5.75 Å². The maximum absolute atomic E-state index is 13.1. The van der Waals surface area contributed by atoms with Crippen molar-refractivity contribution in [2.24, 2.45) is 5.92 Å². The Morgan fingerprint density at radius 2 is 1.93 bits per heavy atom. The first-order valence-electron chi connectivity index (χ1n) is 9.61. The first kappa shape index (κ1) is 21.6. The van der Waals surface area contributed by atoms with Crippen molar-refractivity contribution in [1.82, 2.24) is 4.31 Å². The lowest BCUT2D eigenvalue weighted by Crippen LogP contribution is -2.41. The summed E-state index contributed by atoms with van der Waals surface area (Å²) in [6.45, 7) is 4.65. The minimum atomic E-state index is -3.76. The van der Waals surface area contributed by atoms with E-state index in [2.05, 4.69) is 5.32 Å². The van der Waals surface area contributed by atoms with E-state index in [9.17, 15) is 13.2 Å². The molecule has 0 spiro atoms. The van der Waals surface area contributed by atoms with Gasteiger partial charge in [0.15, 0.2) is 0 Å². The fraction of sp³-hybridized carbons (Fsp3) is 0.381. The molecule has 0 unspecified atom stereocenters. The highest BCUT2D eigenvalue weighted by Gasteiger charge is 2.34. The van der Waals surface area contributed by atoms with E-state index in [1.807, 2.05) is 31.2 Å². The number of carbonyl (C=O) groups is 1. The van der Waals surface area contributed by atoms with E-state index in [1.165, 1.54) is 10.4 Å². The molecular weight excluding hydrogens is 412 g/mol. The summed E-state index contributed by atoms with van der Waals surface area (Å²) in [4.78, 5) is 12.6. The predicted octanol–water partition coefficient (Wildman–Crippen LogP) is 4.09. The van der Waals surface area contributed by atoms with Crippen molar-refractivity contribution in [2.45, 2.75) is 31.6 Å². The summed E-state index contributed by atoms with van der Waals surface area (Å²) in [5, 5.41) is 3.26. The number of sulfonamides is 1. The third-order valence-electron chi connectivity index (χ3n) is 4.93. The maximum atomic E-state index is 13.1. The van der Waals surface area contributed by atoms with Crippen LogP contribution < -0.4 is 10.1 Å². The largest absolute Gasteiger partial charge is 0.492 e. The lowest BCUT2D eigenvalue weighted by atomic mass is 9.97. The van der Waals surface area contributed by atoms with Gasteiger partial charge in [-0.25, -0.2) is 8.42 Å². The average molecular weight is 437 g/mol. The number of hydrogen-bond acceptors (Lipinski definition) is 4. The molecule has 156 valence electrons. The Morgan fingerprint density at radius 1 is 1.21 bits per heavy atom. The number of benzene rings is 2. The number of nitrogens with one attached hydrogen (secondary N) is 1. The van der Waals surface area contributed by atoms with E-state index in [-0.39, 0.29) is 35.6 Å². The van der Waals surface area contributed by atoms with Gasteiger partial charge in [-0.15, -0.1) is 0 Å². The Morgan fingerprint density at radius 3 is 2.59 bits per heavy atom. The Kier molecular flexibility index (Phi) is 6.82. The zero-order valence-electron chi connectivity index (χ0n) is 16.5. The smallest absolute Gasteiger partial charge is 0.246 e. The zero-order valence-corrected chi connectivity index (χ0v) is 18.1. The molecule has 0 atom stereocenters. The Labute approximate surface area is 176 Å². The highest BCUT2D eigenvalue weighted by atomic mass is 35.5. The quantitative estimate of drug-likeness (QED) is 0.740. The molecule has 0 bridgehead atoms. The van der Waals surface area contributed by atoms with Gasteiger partial charge in [0.2, 0.25) is 15.9 Å². The van der Waals surface area contributed by atoms with Gasteiger partial charge in [0.05, 0.1) is 6.61 Å². The zero-order chi connectivity index (χ0) is 21.0. The van der Waals surface area contributed by atoms with Crippen molar-refractivity contribution >= 4 is 33.2 Å². The van der Waals surface area contributed by atoms with Gasteiger partial charge < -0.3 is 10.1 Å². The van der Waals surface area contributed by atoms with Gasteiger partial charge in [-0.05, 0) is 62.6 Å². The van der Waals surface area contributed by atoms with Gasteiger partial charge in [-0.1, -0.05) is 23.7 Å². The second kappa shape index (κ2) is 9.15. The fourth-order valence-electron chi connectivity index (χ4n) is 3.42. The van der Waals surface area contributed by atoms with Crippen molar-refractivity contribution in [3.63, 3.8) is 0 Å². The summed E-state index contributed by atoms with van der Waals surface area (Å²) < 4.78 is 33.1.